The highest BCUT2D eigenvalue weighted by Crippen LogP contribution is 0.874. The summed E-state index contributed by atoms with van der Waals surface area (Å²) in [5.41, 5.74) is 0. The summed E-state index contributed by atoms with van der Waals surface area (Å²) in [6.07, 6.45) is 2.25. The van der Waals surface area contributed by atoms with E-state index < -0.39 is 0 Å². The molecular formula is C12H39N3O3. The maximum absolute atomic E-state index is 8.35. The van der Waals surface area contributed by atoms with Gasteiger partial charge in [-0.15, -0.1) is 0 Å². The molecule has 0 rings (SSSR count). The fourth-order valence-electron chi connectivity index (χ4n) is 0. The Labute approximate surface area is 116 Å². The highest BCUT2D eigenvalue weighted by Gasteiger charge is 1.04. The molecule has 0 atom stereocenters. The molecule has 0 fully saturated rings. The van der Waals surface area contributed by atoms with Crippen LogP contribution in [-0.2, 0) is 14.4 Å². The first kappa shape index (κ1) is 216. The Morgan fingerprint density at radius 2 is 0.389 bits per heavy atom. The minimum Gasteiger partial charge on any atom is -0.222 e. The van der Waals surface area contributed by atoms with E-state index in [4.69, 9.17) is 30.6 Å². The second-order valence-corrected chi connectivity index (χ2v) is 0.306. The first-order chi connectivity index (χ1) is 4.24. The summed E-state index contributed by atoms with van der Waals surface area (Å²) in [6, 6.07) is 0. The minimum atomic E-state index is 0. The van der Waals surface area contributed by atoms with E-state index >= 15 is 0 Å². The quantitative estimate of drug-likeness (QED) is 0.402. The summed E-state index contributed by atoms with van der Waals surface area (Å²) in [5.74, 6) is 0. The van der Waals surface area contributed by atoms with Crippen LogP contribution in [0, 0.1) is 16.2 Å². The van der Waals surface area contributed by atoms with Crippen molar-refractivity contribution >= 4 is 18.2 Å². The van der Waals surface area contributed by atoms with E-state index in [0.717, 1.165) is 18.2 Å². The van der Waals surface area contributed by atoms with E-state index in [0.29, 0.717) is 0 Å². The van der Waals surface area contributed by atoms with Gasteiger partial charge in [0.15, 0.2) is 0 Å². The molecule has 0 aliphatic heterocycles. The van der Waals surface area contributed by atoms with Crippen molar-refractivity contribution in [3.63, 3.8) is 0 Å². The highest BCUT2D eigenvalue weighted by molar-refractivity contribution is 5.26. The lowest BCUT2D eigenvalue weighted by atomic mass is 11.7. The van der Waals surface area contributed by atoms with Gasteiger partial charge in [-0.1, -0.05) is 66.8 Å². The van der Waals surface area contributed by atoms with Crippen LogP contribution in [0.1, 0.15) is 66.8 Å². The molecule has 6 heteroatoms. The lowest BCUT2D eigenvalue weighted by Gasteiger charge is -1.02. The topological polar surface area (TPSA) is 123 Å². The summed E-state index contributed by atoms with van der Waals surface area (Å²) in [6.45, 7) is 0. The largest absolute Gasteiger partial charge is 0.231 e. The Kier molecular flexibility index (Phi) is 27900. The van der Waals surface area contributed by atoms with Gasteiger partial charge in [0.1, 0.15) is 0 Å². The first-order valence-electron chi connectivity index (χ1n) is 1.36. The van der Waals surface area contributed by atoms with Gasteiger partial charge in [-0.2, -0.15) is 0 Å². The second-order valence-electron chi connectivity index (χ2n) is 0.306. The van der Waals surface area contributed by atoms with Crippen molar-refractivity contribution in [2.45, 2.75) is 66.8 Å². The zero-order chi connectivity index (χ0) is 8.12. The SMILES string of the molecule is C.C.C.C.C.C.C.C.C.N=C=O.N=C=O.N=C=O. The van der Waals surface area contributed by atoms with Crippen molar-refractivity contribution in [3.05, 3.63) is 0 Å². The van der Waals surface area contributed by atoms with E-state index in [2.05, 4.69) is 0 Å². The molecule has 3 N–H and O–H groups in total. The monoisotopic (exact) mass is 273 g/mol. The van der Waals surface area contributed by atoms with Crippen LogP contribution in [-0.4, -0.2) is 18.2 Å². The number of isocyanates is 3. The average molecular weight is 273 g/mol. The zero-order valence-corrected chi connectivity index (χ0v) is 4.22. The fourth-order valence-corrected chi connectivity index (χ4v) is 0. The molecule has 0 aromatic heterocycles. The number of hydrogen-bond donors (Lipinski definition) is 3. The van der Waals surface area contributed by atoms with Crippen molar-refractivity contribution < 1.29 is 14.4 Å². The Morgan fingerprint density at radius 3 is 0.389 bits per heavy atom. The van der Waals surface area contributed by atoms with Gasteiger partial charge in [-0.3, -0.25) is 0 Å². The van der Waals surface area contributed by atoms with Gasteiger partial charge in [-0.05, 0) is 0 Å². The third-order valence-electron chi connectivity index (χ3n) is 0. The van der Waals surface area contributed by atoms with Crippen molar-refractivity contribution in [1.29, 1.82) is 16.2 Å². The lowest BCUT2D eigenvalue weighted by Crippen LogP contribution is -1.16. The van der Waals surface area contributed by atoms with Crippen LogP contribution >= 0.6 is 0 Å². The molecule has 0 saturated heterocycles. The molecule has 0 bridgehead atoms. The number of rotatable bonds is 0. The number of carbonyl (C=O) groups excluding carboxylic acids is 3. The van der Waals surface area contributed by atoms with Gasteiger partial charge in [0.2, 0.25) is 18.2 Å². The molecule has 0 saturated carbocycles. The number of nitrogens with one attached hydrogen (secondary N) is 3. The molecule has 120 valence electrons. The van der Waals surface area contributed by atoms with E-state index in [1.54, 1.807) is 0 Å². The van der Waals surface area contributed by atoms with E-state index in [-0.39, 0.29) is 66.8 Å². The second kappa shape index (κ2) is 2330. The van der Waals surface area contributed by atoms with Crippen molar-refractivity contribution in [2.24, 2.45) is 0 Å². The van der Waals surface area contributed by atoms with Crippen LogP contribution in [0.4, 0.5) is 0 Å². The molecule has 0 aromatic rings. The maximum Gasteiger partial charge on any atom is 0.231 e. The first-order valence-corrected chi connectivity index (χ1v) is 1.36. The molecule has 0 amide bonds. The fraction of sp³-hybridized carbons (Fsp3) is 0.750. The predicted molar refractivity (Wildman–Crippen MR) is 85.8 cm³/mol. The molecule has 0 aliphatic rings. The van der Waals surface area contributed by atoms with Crippen molar-refractivity contribution in [3.8, 4) is 0 Å². The van der Waals surface area contributed by atoms with Crippen LogP contribution in [0.15, 0.2) is 0 Å². The van der Waals surface area contributed by atoms with E-state index in [1.165, 1.54) is 0 Å². The van der Waals surface area contributed by atoms with Crippen molar-refractivity contribution in [2.75, 3.05) is 0 Å². The maximum atomic E-state index is 8.35. The predicted octanol–water partition coefficient (Wildman–Crippen LogP) is 5.43. The lowest BCUT2D eigenvalue weighted by molar-refractivity contribution is 0.562. The molecule has 18 heavy (non-hydrogen) atoms. The normalized spacial score (nSPS) is 1.33. The van der Waals surface area contributed by atoms with Gasteiger partial charge in [0, 0.05) is 0 Å². The van der Waals surface area contributed by atoms with Crippen LogP contribution in [0.3, 0.4) is 0 Å². The Hall–Kier alpha value is -1.86. The van der Waals surface area contributed by atoms with Gasteiger partial charge < -0.3 is 0 Å². The van der Waals surface area contributed by atoms with Gasteiger partial charge in [0.05, 0.1) is 0 Å². The number of hydrogen-bond acceptors (Lipinski definition) is 6. The summed E-state index contributed by atoms with van der Waals surface area (Å²) >= 11 is 0. The molecule has 0 aliphatic carbocycles. The third kappa shape index (κ3) is 706. The smallest absolute Gasteiger partial charge is 0.222 e. The molecule has 0 heterocycles. The highest BCUT2D eigenvalue weighted by atomic mass is 16.1. The Morgan fingerprint density at radius 1 is 0.389 bits per heavy atom. The van der Waals surface area contributed by atoms with Crippen LogP contribution < -0.4 is 0 Å². The molecule has 0 unspecified atom stereocenters. The molecule has 0 spiro atoms. The summed E-state index contributed by atoms with van der Waals surface area (Å²) in [4.78, 5) is 25.0. The molecule has 0 aromatic carbocycles. The Bertz CT molecular complexity index is 114. The van der Waals surface area contributed by atoms with Crippen LogP contribution in [0.2, 0.25) is 0 Å². The van der Waals surface area contributed by atoms with Crippen LogP contribution in [0.5, 0.6) is 0 Å². The summed E-state index contributed by atoms with van der Waals surface area (Å²) in [5, 5.41) is 16.2. The molecule has 6 nitrogen and oxygen atoms in total. The van der Waals surface area contributed by atoms with Gasteiger partial charge in [-0.25, -0.2) is 30.6 Å². The third-order valence-corrected chi connectivity index (χ3v) is 0. The van der Waals surface area contributed by atoms with E-state index in [1.807, 2.05) is 0 Å². The van der Waals surface area contributed by atoms with Gasteiger partial charge >= 0.3 is 0 Å². The summed E-state index contributed by atoms with van der Waals surface area (Å²) < 4.78 is 0. The standard InChI is InChI=1S/3CHNO.9CH4/c3*2-1-3;;;;;;;;;/h3*2H;9*1H4. The van der Waals surface area contributed by atoms with Gasteiger partial charge in [0.25, 0.3) is 0 Å². The summed E-state index contributed by atoms with van der Waals surface area (Å²) in [7, 11) is 0. The average Bonchev–Trinajstić information content (AvgIpc) is 1.70. The Balaban J connectivity index is -0.00000000240. The minimum absolute atomic E-state index is 0. The zero-order valence-electron chi connectivity index (χ0n) is 4.22. The molecule has 0 radical (unpaired) electrons. The van der Waals surface area contributed by atoms with Crippen LogP contribution in [0.25, 0.3) is 0 Å². The molecular weight excluding hydrogens is 234 g/mol. The van der Waals surface area contributed by atoms with Crippen molar-refractivity contribution in [1.82, 2.24) is 0 Å². The van der Waals surface area contributed by atoms with E-state index in [9.17, 15) is 0 Å².